The molecule has 0 fully saturated rings. The Hall–Kier alpha value is -2.37. The van der Waals surface area contributed by atoms with Crippen LogP contribution in [0.2, 0.25) is 0 Å². The minimum absolute atomic E-state index is 0.0316. The molecule has 6 heteroatoms. The third kappa shape index (κ3) is 1.52. The number of aromatic nitrogens is 2. The van der Waals surface area contributed by atoms with Gasteiger partial charge >= 0.3 is 0 Å². The average Bonchev–Trinajstić information content (AvgIpc) is 2.63. The van der Waals surface area contributed by atoms with Gasteiger partial charge in [0.2, 0.25) is 11.3 Å². The summed E-state index contributed by atoms with van der Waals surface area (Å²) in [5.74, 6) is -0.672. The molecule has 15 heavy (non-hydrogen) atoms. The van der Waals surface area contributed by atoms with Crippen LogP contribution in [-0.2, 0) is 4.79 Å². The molecule has 2 aliphatic rings. The van der Waals surface area contributed by atoms with Gasteiger partial charge in [-0.1, -0.05) is 0 Å². The minimum atomic E-state index is -0.672. The van der Waals surface area contributed by atoms with Crippen molar-refractivity contribution in [2.75, 3.05) is 0 Å². The Morgan fingerprint density at radius 3 is 2.67 bits per heavy atom. The van der Waals surface area contributed by atoms with E-state index in [-0.39, 0.29) is 17.1 Å². The summed E-state index contributed by atoms with van der Waals surface area (Å²) >= 11 is 0. The summed E-state index contributed by atoms with van der Waals surface area (Å²) in [5, 5.41) is 0. The van der Waals surface area contributed by atoms with Gasteiger partial charge in [-0.05, 0) is 6.08 Å². The van der Waals surface area contributed by atoms with E-state index in [1.807, 2.05) is 0 Å². The van der Waals surface area contributed by atoms with Gasteiger partial charge in [-0.3, -0.25) is 14.4 Å². The van der Waals surface area contributed by atoms with Gasteiger partial charge < -0.3 is 5.73 Å². The van der Waals surface area contributed by atoms with Crippen molar-refractivity contribution in [2.24, 2.45) is 5.73 Å². The van der Waals surface area contributed by atoms with Crippen molar-refractivity contribution in [2.45, 2.75) is 0 Å². The number of nitrogens with two attached hydrogens (primary N) is 1. The van der Waals surface area contributed by atoms with Crippen LogP contribution in [0.5, 0.6) is 0 Å². The van der Waals surface area contributed by atoms with Gasteiger partial charge in [0, 0.05) is 12.1 Å². The lowest BCUT2D eigenvalue weighted by Gasteiger charge is -1.79. The summed E-state index contributed by atoms with van der Waals surface area (Å²) in [5.41, 5.74) is 4.24. The number of carbonyl (C=O) groups is 1. The number of hydrogen-bond donors (Lipinski definition) is 1. The predicted molar refractivity (Wildman–Crippen MR) is 51.8 cm³/mol. The number of fused-ring (bicyclic) bond motifs is 1. The smallest absolute Gasteiger partial charge is 0.272 e. The molecule has 2 N–H and O–H groups in total. The van der Waals surface area contributed by atoms with E-state index in [9.17, 15) is 14.4 Å². The Labute approximate surface area is 83.1 Å². The summed E-state index contributed by atoms with van der Waals surface area (Å²) in [6.45, 7) is 0. The molecule has 0 bridgehead atoms. The van der Waals surface area contributed by atoms with Crippen LogP contribution in [0.4, 0.5) is 0 Å². The summed E-state index contributed by atoms with van der Waals surface area (Å²) in [7, 11) is 0. The van der Waals surface area contributed by atoms with E-state index in [1.54, 1.807) is 0 Å². The summed E-state index contributed by atoms with van der Waals surface area (Å²) in [6, 6.07) is 1.17. The predicted octanol–water partition coefficient (Wildman–Crippen LogP) is -1.32. The van der Waals surface area contributed by atoms with E-state index in [0.29, 0.717) is 0 Å². The zero-order valence-corrected chi connectivity index (χ0v) is 7.43. The Morgan fingerprint density at radius 1 is 1.33 bits per heavy atom. The van der Waals surface area contributed by atoms with Crippen molar-refractivity contribution >= 4 is 12.0 Å². The summed E-state index contributed by atoms with van der Waals surface area (Å²) in [4.78, 5) is 40.0. The monoisotopic (exact) mass is 203 g/mol. The van der Waals surface area contributed by atoms with Gasteiger partial charge in [0.15, 0.2) is 0 Å². The van der Waals surface area contributed by atoms with E-state index >= 15 is 0 Å². The van der Waals surface area contributed by atoms with Gasteiger partial charge in [-0.25, -0.2) is 9.97 Å². The highest BCUT2D eigenvalue weighted by atomic mass is 16.1. The zero-order valence-electron chi connectivity index (χ0n) is 7.43. The van der Waals surface area contributed by atoms with E-state index in [4.69, 9.17) is 5.73 Å². The average molecular weight is 203 g/mol. The first-order valence-corrected chi connectivity index (χ1v) is 4.03. The molecule has 2 heterocycles. The van der Waals surface area contributed by atoms with Crippen molar-refractivity contribution in [3.63, 3.8) is 0 Å². The van der Waals surface area contributed by atoms with Gasteiger partial charge in [0.25, 0.3) is 5.56 Å². The standard InChI is InChI=1S/C9H5N3O3/c10-6(13)2-1-4-9(15)8-5(11-4)3-7(14)12-8/h1-3H,(H2,10,13). The zero-order chi connectivity index (χ0) is 11.0. The van der Waals surface area contributed by atoms with Crippen LogP contribution >= 0.6 is 0 Å². The second kappa shape index (κ2) is 3.09. The molecule has 0 radical (unpaired) electrons. The maximum atomic E-state index is 11.5. The molecule has 2 rings (SSSR count). The SMILES string of the molecule is NC(=O)C=Cc1nc2cc(=O)nc-2c1=O. The molecule has 0 aliphatic carbocycles. The number of hydrogen-bond acceptors (Lipinski definition) is 5. The van der Waals surface area contributed by atoms with Gasteiger partial charge in [-0.2, -0.15) is 0 Å². The third-order valence-electron chi connectivity index (χ3n) is 1.82. The highest BCUT2D eigenvalue weighted by Gasteiger charge is 2.18. The molecule has 0 spiro atoms. The van der Waals surface area contributed by atoms with Crippen molar-refractivity contribution < 1.29 is 4.79 Å². The minimum Gasteiger partial charge on any atom is -0.366 e. The summed E-state index contributed by atoms with van der Waals surface area (Å²) < 4.78 is 0. The van der Waals surface area contributed by atoms with Crippen molar-refractivity contribution in [1.29, 1.82) is 0 Å². The fourth-order valence-corrected chi connectivity index (χ4v) is 1.21. The number of amides is 1. The quantitative estimate of drug-likeness (QED) is 0.609. The lowest BCUT2D eigenvalue weighted by atomic mass is 10.3. The molecule has 0 aromatic carbocycles. The van der Waals surface area contributed by atoms with E-state index in [1.165, 1.54) is 12.1 Å². The van der Waals surface area contributed by atoms with Gasteiger partial charge in [0.05, 0.1) is 5.69 Å². The number of carbonyl (C=O) groups excluding carboxylic acids is 1. The van der Waals surface area contributed by atoms with E-state index in [2.05, 4.69) is 9.97 Å². The maximum Gasteiger partial charge on any atom is 0.272 e. The molecule has 0 saturated carbocycles. The summed E-state index contributed by atoms with van der Waals surface area (Å²) in [6.07, 6.45) is 2.23. The van der Waals surface area contributed by atoms with Crippen LogP contribution in [0.15, 0.2) is 21.7 Å². The third-order valence-corrected chi connectivity index (χ3v) is 1.82. The normalized spacial score (nSPS) is 11.5. The maximum absolute atomic E-state index is 11.5. The van der Waals surface area contributed by atoms with Crippen LogP contribution in [0.25, 0.3) is 17.5 Å². The Kier molecular flexibility index (Phi) is 1.89. The molecule has 1 amide bonds. The van der Waals surface area contributed by atoms with E-state index < -0.39 is 16.9 Å². The lowest BCUT2D eigenvalue weighted by molar-refractivity contribution is -0.113. The van der Waals surface area contributed by atoms with Crippen LogP contribution < -0.4 is 16.7 Å². The first-order chi connectivity index (χ1) is 7.08. The first-order valence-electron chi connectivity index (χ1n) is 4.03. The molecule has 2 aliphatic heterocycles. The number of rotatable bonds is 2. The van der Waals surface area contributed by atoms with Crippen molar-refractivity contribution in [1.82, 2.24) is 9.97 Å². The highest BCUT2D eigenvalue weighted by molar-refractivity contribution is 5.90. The number of primary amides is 1. The largest absolute Gasteiger partial charge is 0.366 e. The molecule has 0 aromatic heterocycles. The molecule has 0 aromatic rings. The highest BCUT2D eigenvalue weighted by Crippen LogP contribution is 2.12. The second-order valence-corrected chi connectivity index (χ2v) is 2.89. The van der Waals surface area contributed by atoms with E-state index in [0.717, 1.165) is 6.08 Å². The topological polar surface area (TPSA) is 103 Å². The Morgan fingerprint density at radius 2 is 2.07 bits per heavy atom. The van der Waals surface area contributed by atoms with Gasteiger partial charge in [-0.15, -0.1) is 0 Å². The van der Waals surface area contributed by atoms with Crippen LogP contribution in [0.3, 0.4) is 0 Å². The van der Waals surface area contributed by atoms with Crippen LogP contribution in [0.1, 0.15) is 5.69 Å². The van der Waals surface area contributed by atoms with Gasteiger partial charge in [0.1, 0.15) is 11.4 Å². The molecular formula is C9H5N3O3. The molecule has 6 nitrogen and oxygen atoms in total. The lowest BCUT2D eigenvalue weighted by Crippen LogP contribution is -2.07. The second-order valence-electron chi connectivity index (χ2n) is 2.89. The van der Waals surface area contributed by atoms with Crippen LogP contribution in [0, 0.1) is 0 Å². The fraction of sp³-hybridized carbons (Fsp3) is 0. The molecule has 0 atom stereocenters. The molecule has 74 valence electrons. The molecular weight excluding hydrogens is 198 g/mol. The molecule has 0 unspecified atom stereocenters. The molecule has 0 saturated heterocycles. The Balaban J connectivity index is 2.55. The first kappa shape index (κ1) is 9.20. The fourth-order valence-electron chi connectivity index (χ4n) is 1.21. The van der Waals surface area contributed by atoms with Crippen molar-refractivity contribution in [3.8, 4) is 11.4 Å². The van der Waals surface area contributed by atoms with Crippen LogP contribution in [-0.4, -0.2) is 15.9 Å². The number of nitrogens with zero attached hydrogens (tertiary/aromatic N) is 2. The Bertz CT molecular complexity index is 607. The van der Waals surface area contributed by atoms with Crippen molar-refractivity contribution in [3.05, 3.63) is 38.4 Å².